The van der Waals surface area contributed by atoms with E-state index in [1.54, 1.807) is 0 Å². The van der Waals surface area contributed by atoms with Gasteiger partial charge in [0.15, 0.2) is 0 Å². The predicted octanol–water partition coefficient (Wildman–Crippen LogP) is 3.05. The van der Waals surface area contributed by atoms with Gasteiger partial charge in [0.2, 0.25) is 0 Å². The van der Waals surface area contributed by atoms with Crippen LogP contribution in [0.2, 0.25) is 0 Å². The molecule has 1 N–H and O–H groups in total. The summed E-state index contributed by atoms with van der Waals surface area (Å²) in [5.41, 5.74) is 0. The lowest BCUT2D eigenvalue weighted by Gasteiger charge is -2.30. The molecule has 0 atom stereocenters. The highest BCUT2D eigenvalue weighted by atomic mass is 16.3. The second-order valence-electron chi connectivity index (χ2n) is 4.29. The minimum absolute atomic E-state index is 0.294. The van der Waals surface area contributed by atoms with Gasteiger partial charge in [-0.3, -0.25) is 4.90 Å². The first-order valence-corrected chi connectivity index (χ1v) is 6.64. The van der Waals surface area contributed by atoms with Gasteiger partial charge < -0.3 is 5.11 Å². The molecule has 0 aliphatic rings. The Labute approximate surface area is 95.7 Å². The van der Waals surface area contributed by atoms with Gasteiger partial charge in [0.05, 0.1) is 6.61 Å². The van der Waals surface area contributed by atoms with E-state index in [-0.39, 0.29) is 0 Å². The van der Waals surface area contributed by atoms with E-state index < -0.39 is 0 Å². The Bertz CT molecular complexity index is 120. The molecule has 0 rings (SSSR count). The summed E-state index contributed by atoms with van der Waals surface area (Å²) in [4.78, 5) is 2.44. The molecule has 0 aromatic carbocycles. The highest BCUT2D eigenvalue weighted by molar-refractivity contribution is 4.70. The molecular formula is C13H29NO. The number of aliphatic hydroxyl groups excluding tert-OH is 1. The first-order chi connectivity index (χ1) is 7.29. The fourth-order valence-corrected chi connectivity index (χ4v) is 2.12. The highest BCUT2D eigenvalue weighted by Crippen LogP contribution is 2.15. The molecule has 0 heterocycles. The van der Waals surface area contributed by atoms with Crippen LogP contribution in [0.25, 0.3) is 0 Å². The number of likely N-dealkylation sites (N-methyl/N-ethyl adjacent to an activating group) is 1. The van der Waals surface area contributed by atoms with Crippen molar-refractivity contribution in [1.29, 1.82) is 0 Å². The maximum Gasteiger partial charge on any atom is 0.0558 e. The molecule has 0 saturated carbocycles. The smallest absolute Gasteiger partial charge is 0.0558 e. The first kappa shape index (κ1) is 14.9. The third-order valence-corrected chi connectivity index (χ3v) is 3.09. The molecule has 15 heavy (non-hydrogen) atoms. The minimum atomic E-state index is 0.294. The number of unbranched alkanes of at least 4 members (excludes halogenated alkanes) is 2. The quantitative estimate of drug-likeness (QED) is 0.605. The van der Waals surface area contributed by atoms with Gasteiger partial charge in [0.25, 0.3) is 0 Å². The maximum absolute atomic E-state index is 9.03. The summed E-state index contributed by atoms with van der Waals surface area (Å²) >= 11 is 0. The molecule has 2 heteroatoms. The van der Waals surface area contributed by atoms with Crippen molar-refractivity contribution in [2.75, 3.05) is 19.7 Å². The van der Waals surface area contributed by atoms with Crippen LogP contribution in [0.4, 0.5) is 0 Å². The summed E-state index contributed by atoms with van der Waals surface area (Å²) in [7, 11) is 0. The highest BCUT2D eigenvalue weighted by Gasteiger charge is 2.15. The van der Waals surface area contributed by atoms with Crippen LogP contribution >= 0.6 is 0 Å². The van der Waals surface area contributed by atoms with E-state index in [1.807, 2.05) is 0 Å². The molecule has 0 bridgehead atoms. The zero-order valence-corrected chi connectivity index (χ0v) is 10.8. The molecule has 0 aromatic heterocycles. The van der Waals surface area contributed by atoms with Crippen LogP contribution in [0, 0.1) is 0 Å². The van der Waals surface area contributed by atoms with Crippen molar-refractivity contribution in [2.24, 2.45) is 0 Å². The molecule has 0 radical (unpaired) electrons. The Morgan fingerprint density at radius 1 is 1.00 bits per heavy atom. The summed E-state index contributed by atoms with van der Waals surface area (Å²) in [5, 5.41) is 9.03. The lowest BCUT2D eigenvalue weighted by Crippen LogP contribution is -2.37. The van der Waals surface area contributed by atoms with Crippen molar-refractivity contribution in [1.82, 2.24) is 4.90 Å². The van der Waals surface area contributed by atoms with Crippen LogP contribution in [0.5, 0.6) is 0 Å². The summed E-state index contributed by atoms with van der Waals surface area (Å²) in [6.45, 7) is 8.90. The second-order valence-corrected chi connectivity index (χ2v) is 4.29. The van der Waals surface area contributed by atoms with Gasteiger partial charge >= 0.3 is 0 Å². The third kappa shape index (κ3) is 6.91. The molecule has 0 fully saturated rings. The number of nitrogens with zero attached hydrogens (tertiary/aromatic N) is 1. The van der Waals surface area contributed by atoms with E-state index in [2.05, 4.69) is 25.7 Å². The Morgan fingerprint density at radius 3 is 1.87 bits per heavy atom. The molecule has 0 amide bonds. The summed E-state index contributed by atoms with van der Waals surface area (Å²) in [6.07, 6.45) is 7.78. The van der Waals surface area contributed by atoms with Crippen LogP contribution in [-0.2, 0) is 0 Å². The normalized spacial score (nSPS) is 11.6. The van der Waals surface area contributed by atoms with E-state index in [9.17, 15) is 0 Å². The average molecular weight is 215 g/mol. The third-order valence-electron chi connectivity index (χ3n) is 3.09. The van der Waals surface area contributed by atoms with Crippen LogP contribution in [0.15, 0.2) is 0 Å². The Balaban J connectivity index is 4.02. The van der Waals surface area contributed by atoms with Crippen molar-refractivity contribution in [3.05, 3.63) is 0 Å². The largest absolute Gasteiger partial charge is 0.395 e. The van der Waals surface area contributed by atoms with Crippen LogP contribution in [0.1, 0.15) is 59.3 Å². The van der Waals surface area contributed by atoms with Gasteiger partial charge in [-0.2, -0.15) is 0 Å². The number of aliphatic hydroxyl groups is 1. The van der Waals surface area contributed by atoms with Gasteiger partial charge in [-0.05, 0) is 19.4 Å². The van der Waals surface area contributed by atoms with Crippen molar-refractivity contribution >= 4 is 0 Å². The number of hydrogen-bond donors (Lipinski definition) is 1. The molecular weight excluding hydrogens is 186 g/mol. The maximum atomic E-state index is 9.03. The molecule has 0 aliphatic heterocycles. The molecule has 0 saturated heterocycles. The molecule has 0 spiro atoms. The lowest BCUT2D eigenvalue weighted by atomic mass is 10.0. The molecule has 0 unspecified atom stereocenters. The summed E-state index contributed by atoms with van der Waals surface area (Å²) in [5.74, 6) is 0. The van der Waals surface area contributed by atoms with E-state index >= 15 is 0 Å². The zero-order chi connectivity index (χ0) is 11.5. The summed E-state index contributed by atoms with van der Waals surface area (Å²) in [6, 6.07) is 0.696. The standard InChI is InChI=1S/C13H29NO/c1-4-7-9-13(10-8-5-2)14(6-3)11-12-15/h13,15H,4-12H2,1-3H3. The van der Waals surface area contributed by atoms with E-state index in [1.165, 1.54) is 38.5 Å². The van der Waals surface area contributed by atoms with Crippen molar-refractivity contribution in [3.63, 3.8) is 0 Å². The predicted molar refractivity (Wildman–Crippen MR) is 67.2 cm³/mol. The monoisotopic (exact) mass is 215 g/mol. The van der Waals surface area contributed by atoms with Crippen molar-refractivity contribution in [2.45, 2.75) is 65.3 Å². The van der Waals surface area contributed by atoms with Crippen LogP contribution < -0.4 is 0 Å². The summed E-state index contributed by atoms with van der Waals surface area (Å²) < 4.78 is 0. The lowest BCUT2D eigenvalue weighted by molar-refractivity contribution is 0.141. The fraction of sp³-hybridized carbons (Fsp3) is 1.00. The second kappa shape index (κ2) is 10.4. The van der Waals surface area contributed by atoms with Gasteiger partial charge in [-0.25, -0.2) is 0 Å². The SMILES string of the molecule is CCCCC(CCCC)N(CC)CCO. The molecule has 92 valence electrons. The Morgan fingerprint density at radius 2 is 1.53 bits per heavy atom. The topological polar surface area (TPSA) is 23.5 Å². The van der Waals surface area contributed by atoms with Crippen LogP contribution in [-0.4, -0.2) is 35.7 Å². The zero-order valence-electron chi connectivity index (χ0n) is 10.8. The fourth-order valence-electron chi connectivity index (χ4n) is 2.12. The van der Waals surface area contributed by atoms with E-state index in [0.717, 1.165) is 13.1 Å². The molecule has 0 aromatic rings. The Hall–Kier alpha value is -0.0800. The minimum Gasteiger partial charge on any atom is -0.395 e. The molecule has 0 aliphatic carbocycles. The molecule has 2 nitrogen and oxygen atoms in total. The average Bonchev–Trinajstić information content (AvgIpc) is 2.27. The van der Waals surface area contributed by atoms with E-state index in [0.29, 0.717) is 12.6 Å². The van der Waals surface area contributed by atoms with Gasteiger partial charge in [-0.1, -0.05) is 46.5 Å². The van der Waals surface area contributed by atoms with Gasteiger partial charge in [-0.15, -0.1) is 0 Å². The van der Waals surface area contributed by atoms with Crippen molar-refractivity contribution < 1.29 is 5.11 Å². The first-order valence-electron chi connectivity index (χ1n) is 6.64. The van der Waals surface area contributed by atoms with Gasteiger partial charge in [0.1, 0.15) is 0 Å². The number of rotatable bonds is 10. The number of hydrogen-bond acceptors (Lipinski definition) is 2. The van der Waals surface area contributed by atoms with Crippen molar-refractivity contribution in [3.8, 4) is 0 Å². The van der Waals surface area contributed by atoms with E-state index in [4.69, 9.17) is 5.11 Å². The van der Waals surface area contributed by atoms with Gasteiger partial charge in [0, 0.05) is 12.6 Å². The van der Waals surface area contributed by atoms with Crippen LogP contribution in [0.3, 0.4) is 0 Å². The Kier molecular flexibility index (Phi) is 10.4.